The van der Waals surface area contributed by atoms with Crippen molar-refractivity contribution in [3.05, 3.63) is 12.3 Å². The molecule has 0 aromatic heterocycles. The molecule has 0 saturated heterocycles. The maximum atomic E-state index is 10.8. The molecule has 0 fully saturated rings. The van der Waals surface area contributed by atoms with Crippen LogP contribution in [-0.2, 0) is 19.6 Å². The Morgan fingerprint density at radius 3 is 2.43 bits per heavy atom. The van der Waals surface area contributed by atoms with Crippen molar-refractivity contribution in [1.82, 2.24) is 0 Å². The summed E-state index contributed by atoms with van der Waals surface area (Å²) in [6, 6.07) is 0. The first-order valence-electron chi connectivity index (χ1n) is 3.63. The van der Waals surface area contributed by atoms with E-state index in [9.17, 15) is 17.8 Å². The fourth-order valence-electron chi connectivity index (χ4n) is 0.529. The molecule has 0 amide bonds. The van der Waals surface area contributed by atoms with Crippen molar-refractivity contribution in [3.63, 3.8) is 0 Å². The third kappa shape index (κ3) is 8.10. The van der Waals surface area contributed by atoms with Gasteiger partial charge in [-0.15, -0.1) is 0 Å². The van der Waals surface area contributed by atoms with Crippen LogP contribution in [0, 0.1) is 0 Å². The van der Waals surface area contributed by atoms with Crippen molar-refractivity contribution < 1.29 is 73.9 Å². The van der Waals surface area contributed by atoms with E-state index in [1.165, 1.54) is 13.0 Å². The van der Waals surface area contributed by atoms with Gasteiger partial charge in [-0.1, -0.05) is 6.08 Å². The van der Waals surface area contributed by atoms with Gasteiger partial charge in [-0.25, -0.2) is 8.42 Å². The summed E-state index contributed by atoms with van der Waals surface area (Å²) >= 11 is 0. The average Bonchev–Trinajstić information content (AvgIpc) is 1.99. The quantitative estimate of drug-likeness (QED) is 0.235. The zero-order valence-electron chi connectivity index (χ0n) is 8.39. The second-order valence-electron chi connectivity index (χ2n) is 2.47. The molecule has 0 N–H and O–H groups in total. The van der Waals surface area contributed by atoms with Crippen LogP contribution in [0.4, 0.5) is 0 Å². The van der Waals surface area contributed by atoms with Crippen LogP contribution in [-0.4, -0.2) is 24.2 Å². The van der Waals surface area contributed by atoms with Gasteiger partial charge >= 0.3 is 57.4 Å². The minimum Gasteiger partial charge on any atom is -0.748 e. The van der Waals surface area contributed by atoms with E-state index in [2.05, 4.69) is 4.74 Å². The molecule has 0 saturated carbocycles. The van der Waals surface area contributed by atoms with E-state index in [1.807, 2.05) is 0 Å². The van der Waals surface area contributed by atoms with Crippen LogP contribution >= 0.6 is 0 Å². The normalized spacial score (nSPS) is 13.4. The van der Waals surface area contributed by atoms with Gasteiger partial charge in [0, 0.05) is 0 Å². The van der Waals surface area contributed by atoms with Crippen molar-refractivity contribution in [1.29, 1.82) is 0 Å². The second-order valence-corrected chi connectivity index (χ2v) is 4.26. The number of carbonyl (C=O) groups excluding carboxylic acids is 1. The summed E-state index contributed by atoms with van der Waals surface area (Å²) in [4.78, 5) is 10.8. The summed E-state index contributed by atoms with van der Waals surface area (Å²) in [6.45, 7) is 2.81. The Labute approximate surface area is 126 Å². The number of hydrogen-bond acceptors (Lipinski definition) is 5. The molecule has 7 heteroatoms. The van der Waals surface area contributed by atoms with Crippen LogP contribution < -0.4 is 51.4 Å². The van der Waals surface area contributed by atoms with Crippen molar-refractivity contribution in [2.24, 2.45) is 0 Å². The summed E-state index contributed by atoms with van der Waals surface area (Å²) in [5.41, 5.74) is 0. The summed E-state index contributed by atoms with van der Waals surface area (Å²) in [6.07, 6.45) is 2.19. The first-order chi connectivity index (χ1) is 5.88. The molecule has 0 heterocycles. The Balaban J connectivity index is 0. The predicted octanol–water partition coefficient (Wildman–Crippen LogP) is -2.61. The molecular weight excluding hydrogens is 235 g/mol. The molecule has 1 unspecified atom stereocenters. The van der Waals surface area contributed by atoms with Crippen LogP contribution in [0.3, 0.4) is 0 Å². The minimum absolute atomic E-state index is 0. The standard InChI is InChI=1S/C7H12O5S.K/c1-3-4-12-7(8)5-6(2)13(9,10)11;/h3-4,6H,5H2,1-2H3,(H,9,10,11);/q;+1/p-1/b4-3+;. The van der Waals surface area contributed by atoms with Gasteiger partial charge in [0.1, 0.15) is 0 Å². The van der Waals surface area contributed by atoms with Gasteiger partial charge in [0.05, 0.1) is 28.1 Å². The molecular formula is C7H11KO5S. The molecule has 0 spiro atoms. The van der Waals surface area contributed by atoms with Gasteiger partial charge in [-0.05, 0) is 13.8 Å². The molecule has 76 valence electrons. The largest absolute Gasteiger partial charge is 1.00 e. The Morgan fingerprint density at radius 1 is 1.57 bits per heavy atom. The fraction of sp³-hybridized carbons (Fsp3) is 0.571. The molecule has 0 aromatic carbocycles. The van der Waals surface area contributed by atoms with E-state index in [-0.39, 0.29) is 51.4 Å². The summed E-state index contributed by atoms with van der Waals surface area (Å²) in [5.74, 6) is -0.731. The summed E-state index contributed by atoms with van der Waals surface area (Å²) < 4.78 is 35.5. The van der Waals surface area contributed by atoms with E-state index in [0.29, 0.717) is 0 Å². The molecule has 0 aromatic rings. The van der Waals surface area contributed by atoms with Crippen LogP contribution in [0.5, 0.6) is 0 Å². The van der Waals surface area contributed by atoms with Crippen LogP contribution in [0.2, 0.25) is 0 Å². The molecule has 0 bridgehead atoms. The van der Waals surface area contributed by atoms with E-state index in [4.69, 9.17) is 0 Å². The molecule has 0 aliphatic rings. The van der Waals surface area contributed by atoms with E-state index in [0.717, 1.165) is 6.26 Å². The van der Waals surface area contributed by atoms with E-state index >= 15 is 0 Å². The zero-order chi connectivity index (χ0) is 10.5. The van der Waals surface area contributed by atoms with Crippen LogP contribution in [0.15, 0.2) is 12.3 Å². The topological polar surface area (TPSA) is 83.5 Å². The third-order valence-corrected chi connectivity index (χ3v) is 2.43. The maximum absolute atomic E-state index is 10.8. The molecule has 0 aliphatic carbocycles. The van der Waals surface area contributed by atoms with E-state index in [1.54, 1.807) is 6.92 Å². The van der Waals surface area contributed by atoms with Gasteiger partial charge in [-0.3, -0.25) is 4.79 Å². The zero-order valence-corrected chi connectivity index (χ0v) is 12.3. The maximum Gasteiger partial charge on any atom is 1.00 e. The second kappa shape index (κ2) is 7.97. The first-order valence-corrected chi connectivity index (χ1v) is 5.10. The third-order valence-electron chi connectivity index (χ3n) is 1.28. The SMILES string of the molecule is C/C=C/OC(=O)CC(C)S(=O)(=O)[O-].[K+]. The molecule has 1 atom stereocenters. The van der Waals surface area contributed by atoms with Crippen LogP contribution in [0.25, 0.3) is 0 Å². The summed E-state index contributed by atoms with van der Waals surface area (Å²) in [5, 5.41) is -1.25. The average molecular weight is 246 g/mol. The minimum atomic E-state index is -4.40. The number of rotatable bonds is 4. The van der Waals surface area contributed by atoms with Crippen LogP contribution in [0.1, 0.15) is 20.3 Å². The molecule has 14 heavy (non-hydrogen) atoms. The van der Waals surface area contributed by atoms with Gasteiger partial charge in [0.2, 0.25) is 0 Å². The molecule has 0 radical (unpaired) electrons. The first kappa shape index (κ1) is 17.2. The van der Waals surface area contributed by atoms with Crippen molar-refractivity contribution in [3.8, 4) is 0 Å². The Bertz CT molecular complexity index is 295. The molecule has 0 aliphatic heterocycles. The predicted molar refractivity (Wildman–Crippen MR) is 44.7 cm³/mol. The number of ether oxygens (including phenoxy) is 1. The van der Waals surface area contributed by atoms with Gasteiger partial charge in [-0.2, -0.15) is 0 Å². The smallest absolute Gasteiger partial charge is 0.748 e. The molecule has 0 rings (SSSR count). The van der Waals surface area contributed by atoms with Crippen molar-refractivity contribution >= 4 is 16.1 Å². The Hall–Kier alpha value is 0.756. The number of hydrogen-bond donors (Lipinski definition) is 0. The molecule has 5 nitrogen and oxygen atoms in total. The summed E-state index contributed by atoms with van der Waals surface area (Å²) in [7, 11) is -4.40. The fourth-order valence-corrected chi connectivity index (χ4v) is 0.869. The number of allylic oxidation sites excluding steroid dienone is 1. The van der Waals surface area contributed by atoms with Gasteiger partial charge < -0.3 is 9.29 Å². The Kier molecular flexibility index (Phi) is 9.77. The Morgan fingerprint density at radius 2 is 2.07 bits per heavy atom. The number of carbonyl (C=O) groups is 1. The van der Waals surface area contributed by atoms with Crippen molar-refractivity contribution in [2.75, 3.05) is 0 Å². The van der Waals surface area contributed by atoms with Gasteiger partial charge in [0.15, 0.2) is 0 Å². The monoisotopic (exact) mass is 246 g/mol. The number of esters is 1. The van der Waals surface area contributed by atoms with Gasteiger partial charge in [0.25, 0.3) is 0 Å². The van der Waals surface area contributed by atoms with Crippen molar-refractivity contribution in [2.45, 2.75) is 25.5 Å². The van der Waals surface area contributed by atoms with E-state index < -0.39 is 27.8 Å².